The van der Waals surface area contributed by atoms with Crippen molar-refractivity contribution >= 4 is 16.8 Å². The van der Waals surface area contributed by atoms with E-state index in [0.717, 1.165) is 42.8 Å². The van der Waals surface area contributed by atoms with Crippen LogP contribution >= 0.6 is 0 Å². The number of hydrogen-bond donors (Lipinski definition) is 0. The van der Waals surface area contributed by atoms with E-state index in [1.54, 1.807) is 0 Å². The monoisotopic (exact) mass is 285 g/mol. The molecule has 2 aromatic rings. The molecular formula is C17H23N3O. The van der Waals surface area contributed by atoms with Crippen LogP contribution < -0.4 is 0 Å². The van der Waals surface area contributed by atoms with Gasteiger partial charge in [-0.05, 0) is 33.0 Å². The van der Waals surface area contributed by atoms with Crippen molar-refractivity contribution in [1.29, 1.82) is 0 Å². The van der Waals surface area contributed by atoms with Gasteiger partial charge >= 0.3 is 0 Å². The first-order chi connectivity index (χ1) is 10.1. The van der Waals surface area contributed by atoms with Crippen molar-refractivity contribution in [1.82, 2.24) is 14.4 Å². The number of hydrogen-bond acceptors (Lipinski definition) is 2. The second-order valence-electron chi connectivity index (χ2n) is 5.94. The zero-order valence-electron chi connectivity index (χ0n) is 13.0. The first-order valence-corrected chi connectivity index (χ1v) is 7.69. The van der Waals surface area contributed by atoms with Crippen LogP contribution in [-0.2, 0) is 6.54 Å². The van der Waals surface area contributed by atoms with Gasteiger partial charge in [0.15, 0.2) is 0 Å². The van der Waals surface area contributed by atoms with Gasteiger partial charge in [-0.3, -0.25) is 4.79 Å². The van der Waals surface area contributed by atoms with E-state index >= 15 is 0 Å². The highest BCUT2D eigenvalue weighted by atomic mass is 16.2. The van der Waals surface area contributed by atoms with Crippen LogP contribution in [0.5, 0.6) is 0 Å². The van der Waals surface area contributed by atoms with Crippen molar-refractivity contribution in [3.8, 4) is 0 Å². The van der Waals surface area contributed by atoms with Crippen molar-refractivity contribution in [2.24, 2.45) is 0 Å². The SMILES string of the molecule is CCn1c(C(=O)N2CCN(C)CC2C)cc2ccccc21. The molecule has 4 nitrogen and oxygen atoms in total. The maximum atomic E-state index is 13.0. The quantitative estimate of drug-likeness (QED) is 0.848. The fourth-order valence-electron chi connectivity index (χ4n) is 3.32. The molecule has 1 saturated heterocycles. The molecule has 1 aromatic heterocycles. The molecule has 21 heavy (non-hydrogen) atoms. The molecule has 3 rings (SSSR count). The summed E-state index contributed by atoms with van der Waals surface area (Å²) in [4.78, 5) is 17.2. The Morgan fingerprint density at radius 2 is 2.05 bits per heavy atom. The zero-order valence-corrected chi connectivity index (χ0v) is 13.0. The number of benzene rings is 1. The van der Waals surface area contributed by atoms with E-state index < -0.39 is 0 Å². The number of amides is 1. The van der Waals surface area contributed by atoms with Crippen LogP contribution in [0.2, 0.25) is 0 Å². The van der Waals surface area contributed by atoms with E-state index in [0.29, 0.717) is 0 Å². The number of carbonyl (C=O) groups excluding carboxylic acids is 1. The molecule has 1 aromatic carbocycles. The van der Waals surface area contributed by atoms with Gasteiger partial charge in [0.2, 0.25) is 0 Å². The molecule has 1 amide bonds. The molecule has 112 valence electrons. The smallest absolute Gasteiger partial charge is 0.270 e. The van der Waals surface area contributed by atoms with Crippen LogP contribution in [-0.4, -0.2) is 53.0 Å². The standard InChI is InChI=1S/C17H23N3O/c1-4-19-15-8-6-5-7-14(15)11-16(19)17(21)20-10-9-18(3)12-13(20)2/h5-8,11,13H,4,9-10,12H2,1-3H3. The summed E-state index contributed by atoms with van der Waals surface area (Å²) in [6.45, 7) is 7.74. The van der Waals surface area contributed by atoms with E-state index in [4.69, 9.17) is 0 Å². The predicted octanol–water partition coefficient (Wildman–Crippen LogP) is 2.44. The largest absolute Gasteiger partial charge is 0.337 e. The van der Waals surface area contributed by atoms with Gasteiger partial charge in [-0.15, -0.1) is 0 Å². The first-order valence-electron chi connectivity index (χ1n) is 7.69. The molecule has 4 heteroatoms. The molecule has 1 unspecified atom stereocenters. The van der Waals surface area contributed by atoms with Gasteiger partial charge in [-0.2, -0.15) is 0 Å². The minimum atomic E-state index is 0.161. The number of likely N-dealkylation sites (N-methyl/N-ethyl adjacent to an activating group) is 1. The van der Waals surface area contributed by atoms with Crippen molar-refractivity contribution in [3.63, 3.8) is 0 Å². The second kappa shape index (κ2) is 5.53. The molecule has 1 aliphatic rings. The molecular weight excluding hydrogens is 262 g/mol. The van der Waals surface area contributed by atoms with Gasteiger partial charge in [0.25, 0.3) is 5.91 Å². The lowest BCUT2D eigenvalue weighted by atomic mass is 10.2. The lowest BCUT2D eigenvalue weighted by Gasteiger charge is -2.38. The Labute approximate surface area is 125 Å². The van der Waals surface area contributed by atoms with Crippen molar-refractivity contribution in [2.45, 2.75) is 26.4 Å². The fourth-order valence-corrected chi connectivity index (χ4v) is 3.32. The Morgan fingerprint density at radius 1 is 1.29 bits per heavy atom. The summed E-state index contributed by atoms with van der Waals surface area (Å²) in [6.07, 6.45) is 0. The van der Waals surface area contributed by atoms with E-state index in [1.807, 2.05) is 23.1 Å². The number of nitrogens with zero attached hydrogens (tertiary/aromatic N) is 3. The van der Waals surface area contributed by atoms with Gasteiger partial charge in [0.05, 0.1) is 0 Å². The molecule has 1 fully saturated rings. The number of aromatic nitrogens is 1. The van der Waals surface area contributed by atoms with Gasteiger partial charge < -0.3 is 14.4 Å². The molecule has 0 spiro atoms. The molecule has 0 N–H and O–H groups in total. The third kappa shape index (κ3) is 2.44. The van der Waals surface area contributed by atoms with E-state index in [9.17, 15) is 4.79 Å². The highest BCUT2D eigenvalue weighted by molar-refractivity contribution is 5.99. The van der Waals surface area contributed by atoms with Crippen molar-refractivity contribution in [2.75, 3.05) is 26.7 Å². The maximum Gasteiger partial charge on any atom is 0.270 e. The minimum absolute atomic E-state index is 0.161. The van der Waals surface area contributed by atoms with E-state index in [-0.39, 0.29) is 11.9 Å². The maximum absolute atomic E-state index is 13.0. The number of para-hydroxylation sites is 1. The zero-order chi connectivity index (χ0) is 15.0. The Bertz CT molecular complexity index is 661. The number of piperazine rings is 1. The summed E-state index contributed by atoms with van der Waals surface area (Å²) >= 11 is 0. The highest BCUT2D eigenvalue weighted by Gasteiger charge is 2.28. The fraction of sp³-hybridized carbons (Fsp3) is 0.471. The topological polar surface area (TPSA) is 28.5 Å². The molecule has 0 radical (unpaired) electrons. The summed E-state index contributed by atoms with van der Waals surface area (Å²) in [5, 5.41) is 1.14. The Kier molecular flexibility index (Phi) is 3.72. The summed E-state index contributed by atoms with van der Waals surface area (Å²) in [5.74, 6) is 0.161. The second-order valence-corrected chi connectivity index (χ2v) is 5.94. The van der Waals surface area contributed by atoms with Crippen LogP contribution in [0.3, 0.4) is 0 Å². The van der Waals surface area contributed by atoms with Crippen LogP contribution in [0.4, 0.5) is 0 Å². The first kappa shape index (κ1) is 14.1. The summed E-state index contributed by atoms with van der Waals surface area (Å²) in [5.41, 5.74) is 1.96. The van der Waals surface area contributed by atoms with Crippen molar-refractivity contribution < 1.29 is 4.79 Å². The molecule has 0 bridgehead atoms. The minimum Gasteiger partial charge on any atom is -0.337 e. The number of rotatable bonds is 2. The van der Waals surface area contributed by atoms with E-state index in [1.165, 1.54) is 0 Å². The number of carbonyl (C=O) groups is 1. The molecule has 1 atom stereocenters. The third-order valence-electron chi connectivity index (χ3n) is 4.44. The predicted molar refractivity (Wildman–Crippen MR) is 85.6 cm³/mol. The lowest BCUT2D eigenvalue weighted by molar-refractivity contribution is 0.0523. The van der Waals surface area contributed by atoms with E-state index in [2.05, 4.69) is 42.5 Å². The average Bonchev–Trinajstić information content (AvgIpc) is 2.85. The summed E-state index contributed by atoms with van der Waals surface area (Å²) < 4.78 is 2.13. The highest BCUT2D eigenvalue weighted by Crippen LogP contribution is 2.22. The number of fused-ring (bicyclic) bond motifs is 1. The lowest BCUT2D eigenvalue weighted by Crippen LogP contribution is -2.53. The Hall–Kier alpha value is -1.81. The van der Waals surface area contributed by atoms with Gasteiger partial charge in [-0.1, -0.05) is 18.2 Å². The van der Waals surface area contributed by atoms with Gasteiger partial charge in [0.1, 0.15) is 5.69 Å². The Balaban J connectivity index is 1.98. The number of aryl methyl sites for hydroxylation is 1. The van der Waals surface area contributed by atoms with Crippen molar-refractivity contribution in [3.05, 3.63) is 36.0 Å². The molecule has 0 saturated carbocycles. The van der Waals surface area contributed by atoms with Gasteiger partial charge in [-0.25, -0.2) is 0 Å². The third-order valence-corrected chi connectivity index (χ3v) is 4.44. The summed E-state index contributed by atoms with van der Waals surface area (Å²) in [6, 6.07) is 10.5. The normalized spacial score (nSPS) is 20.1. The van der Waals surface area contributed by atoms with Crippen LogP contribution in [0, 0.1) is 0 Å². The molecule has 0 aliphatic carbocycles. The summed E-state index contributed by atoms with van der Waals surface area (Å²) in [7, 11) is 2.11. The molecule has 1 aliphatic heterocycles. The molecule has 2 heterocycles. The van der Waals surface area contributed by atoms with Crippen LogP contribution in [0.25, 0.3) is 10.9 Å². The Morgan fingerprint density at radius 3 is 2.76 bits per heavy atom. The average molecular weight is 285 g/mol. The van der Waals surface area contributed by atoms with Crippen LogP contribution in [0.1, 0.15) is 24.3 Å². The van der Waals surface area contributed by atoms with Gasteiger partial charge in [0, 0.05) is 43.1 Å². The van der Waals surface area contributed by atoms with Crippen LogP contribution in [0.15, 0.2) is 30.3 Å².